The number of phenolic OH excluding ortho intramolecular Hbond substituents is 1. The van der Waals surface area contributed by atoms with Crippen molar-refractivity contribution in [2.24, 2.45) is 17.3 Å². The third kappa shape index (κ3) is 2.81. The monoisotopic (exact) mass is 394 g/mol. The Morgan fingerprint density at radius 2 is 1.89 bits per heavy atom. The molecule has 3 aliphatic carbocycles. The fraction of sp³-hybridized carbons (Fsp3) is 0.440. The summed E-state index contributed by atoms with van der Waals surface area (Å²) < 4.78 is 0. The summed E-state index contributed by atoms with van der Waals surface area (Å²) in [5, 5.41) is 21.8. The van der Waals surface area contributed by atoms with Crippen LogP contribution in [-0.2, 0) is 6.42 Å². The van der Waals surface area contributed by atoms with Crippen molar-refractivity contribution < 1.29 is 10.2 Å². The lowest BCUT2D eigenvalue weighted by Gasteiger charge is -2.49. The van der Waals surface area contributed by atoms with Crippen LogP contribution >= 0.6 is 11.6 Å². The molecule has 0 amide bonds. The van der Waals surface area contributed by atoms with E-state index in [1.165, 1.54) is 16.7 Å². The minimum Gasteiger partial charge on any atom is -0.508 e. The van der Waals surface area contributed by atoms with Crippen LogP contribution in [0.15, 0.2) is 48.0 Å². The highest BCUT2D eigenvalue weighted by Gasteiger charge is 2.56. The quantitative estimate of drug-likeness (QED) is 0.626. The molecule has 2 nitrogen and oxygen atoms in total. The van der Waals surface area contributed by atoms with Gasteiger partial charge in [-0.3, -0.25) is 0 Å². The zero-order chi connectivity index (χ0) is 19.5. The molecule has 0 unspecified atom stereocenters. The Kier molecular flexibility index (Phi) is 4.33. The molecule has 0 spiro atoms. The summed E-state index contributed by atoms with van der Waals surface area (Å²) in [4.78, 5) is 0. The smallest absolute Gasteiger partial charge is 0.115 e. The van der Waals surface area contributed by atoms with Crippen molar-refractivity contribution in [2.75, 3.05) is 0 Å². The minimum atomic E-state index is -0.365. The zero-order valence-corrected chi connectivity index (χ0v) is 17.0. The molecule has 146 valence electrons. The first-order valence-electron chi connectivity index (χ1n) is 10.4. The third-order valence-electron chi connectivity index (χ3n) is 7.80. The van der Waals surface area contributed by atoms with E-state index in [1.807, 2.05) is 36.4 Å². The van der Waals surface area contributed by atoms with Crippen LogP contribution in [-0.4, -0.2) is 16.3 Å². The average Bonchev–Trinajstić information content (AvgIpc) is 2.94. The lowest BCUT2D eigenvalue weighted by Crippen LogP contribution is -2.44. The summed E-state index contributed by atoms with van der Waals surface area (Å²) in [7, 11) is 0. The molecule has 2 aromatic rings. The first-order chi connectivity index (χ1) is 13.5. The summed E-state index contributed by atoms with van der Waals surface area (Å²) in [5.41, 5.74) is 5.00. The minimum absolute atomic E-state index is 0.0339. The van der Waals surface area contributed by atoms with Crippen LogP contribution in [0.3, 0.4) is 0 Å². The van der Waals surface area contributed by atoms with Crippen molar-refractivity contribution in [2.45, 2.75) is 51.0 Å². The summed E-state index contributed by atoms with van der Waals surface area (Å²) in [6.45, 7) is 2.30. The number of benzene rings is 2. The molecule has 2 aromatic carbocycles. The van der Waals surface area contributed by atoms with Crippen molar-refractivity contribution in [3.05, 3.63) is 69.8 Å². The van der Waals surface area contributed by atoms with E-state index in [9.17, 15) is 10.2 Å². The van der Waals surface area contributed by atoms with Gasteiger partial charge >= 0.3 is 0 Å². The Balaban J connectivity index is 1.47. The summed E-state index contributed by atoms with van der Waals surface area (Å²) in [6.07, 6.45) is 7.16. The number of aryl methyl sites for hydroxylation is 1. The molecular weight excluding hydrogens is 368 g/mol. The number of aliphatic hydroxyl groups is 1. The van der Waals surface area contributed by atoms with Crippen LogP contribution in [0.4, 0.5) is 0 Å². The van der Waals surface area contributed by atoms with E-state index in [1.54, 1.807) is 0 Å². The van der Waals surface area contributed by atoms with Gasteiger partial charge in [-0.05, 0) is 96.4 Å². The Labute approximate surface area is 171 Å². The molecule has 5 rings (SSSR count). The second-order valence-electron chi connectivity index (χ2n) is 9.22. The van der Waals surface area contributed by atoms with Gasteiger partial charge in [-0.25, -0.2) is 0 Å². The van der Waals surface area contributed by atoms with Gasteiger partial charge in [0.15, 0.2) is 0 Å². The third-order valence-corrected chi connectivity index (χ3v) is 8.05. The first kappa shape index (κ1) is 18.3. The molecule has 0 heterocycles. The van der Waals surface area contributed by atoms with Crippen molar-refractivity contribution in [1.82, 2.24) is 0 Å². The van der Waals surface area contributed by atoms with Crippen LogP contribution in [0.2, 0.25) is 5.02 Å². The maximum Gasteiger partial charge on any atom is 0.115 e. The van der Waals surface area contributed by atoms with Gasteiger partial charge < -0.3 is 10.2 Å². The largest absolute Gasteiger partial charge is 0.508 e. The molecule has 2 fully saturated rings. The molecule has 0 saturated heterocycles. The van der Waals surface area contributed by atoms with Gasteiger partial charge in [0.25, 0.3) is 0 Å². The first-order valence-corrected chi connectivity index (χ1v) is 10.8. The highest BCUT2D eigenvalue weighted by Crippen LogP contribution is 2.62. The van der Waals surface area contributed by atoms with Gasteiger partial charge in [-0.1, -0.05) is 42.8 Å². The maximum absolute atomic E-state index is 11.3. The van der Waals surface area contributed by atoms with Crippen molar-refractivity contribution in [1.29, 1.82) is 0 Å². The molecule has 0 aliphatic heterocycles. The van der Waals surface area contributed by atoms with E-state index in [-0.39, 0.29) is 11.5 Å². The molecular formula is C25H27ClO2. The van der Waals surface area contributed by atoms with Crippen LogP contribution in [0.5, 0.6) is 5.75 Å². The summed E-state index contributed by atoms with van der Waals surface area (Å²) in [6, 6.07) is 13.8. The van der Waals surface area contributed by atoms with E-state index in [0.29, 0.717) is 23.5 Å². The molecule has 0 bridgehead atoms. The van der Waals surface area contributed by atoms with Crippen LogP contribution < -0.4 is 0 Å². The molecule has 0 radical (unpaired) electrons. The molecule has 5 atom stereocenters. The number of rotatable bonds is 1. The fourth-order valence-electron chi connectivity index (χ4n) is 6.34. The van der Waals surface area contributed by atoms with Crippen molar-refractivity contribution >= 4 is 17.7 Å². The summed E-state index contributed by atoms with van der Waals surface area (Å²) >= 11 is 6.02. The standard InChI is InChI=1S/C25H27ClO2/c1-25-11-10-21-20-9-7-19(27)13-16(20)4-8-22(21)23(25)14-17(24(25)28)12-15-2-5-18(26)6-3-15/h2-3,5-7,9,12-13,21-24,27-28H,4,8,10-11,14H2,1H3/b17-12+/t21-,22-,23-,24-,25-/m0/s1. The van der Waals surface area contributed by atoms with Crippen LogP contribution in [0, 0.1) is 17.3 Å². The Morgan fingerprint density at radius 1 is 1.11 bits per heavy atom. The molecule has 0 aromatic heterocycles. The lowest BCUT2D eigenvalue weighted by molar-refractivity contribution is -0.0158. The second kappa shape index (κ2) is 6.64. The highest BCUT2D eigenvalue weighted by atomic mass is 35.5. The fourth-order valence-corrected chi connectivity index (χ4v) is 6.47. The Hall–Kier alpha value is -1.77. The van der Waals surface area contributed by atoms with Gasteiger partial charge in [0.2, 0.25) is 0 Å². The molecule has 3 heteroatoms. The number of aliphatic hydroxyl groups excluding tert-OH is 1. The number of aromatic hydroxyl groups is 1. The predicted molar refractivity (Wildman–Crippen MR) is 114 cm³/mol. The van der Waals surface area contributed by atoms with Crippen molar-refractivity contribution in [3.8, 4) is 5.75 Å². The summed E-state index contributed by atoms with van der Waals surface area (Å²) in [5.74, 6) is 2.06. The second-order valence-corrected chi connectivity index (χ2v) is 9.66. The number of hydrogen-bond donors (Lipinski definition) is 2. The average molecular weight is 395 g/mol. The predicted octanol–water partition coefficient (Wildman–Crippen LogP) is 5.96. The van der Waals surface area contributed by atoms with Crippen LogP contribution in [0.25, 0.3) is 6.08 Å². The normalized spacial score (nSPS) is 35.3. The number of halogens is 1. The van der Waals surface area contributed by atoms with Gasteiger partial charge in [-0.15, -0.1) is 0 Å². The lowest BCUT2D eigenvalue weighted by atomic mass is 9.55. The molecule has 2 N–H and O–H groups in total. The van der Waals surface area contributed by atoms with E-state index in [2.05, 4.69) is 19.1 Å². The number of fused-ring (bicyclic) bond motifs is 5. The molecule has 2 saturated carbocycles. The Bertz CT molecular complexity index is 932. The maximum atomic E-state index is 11.3. The topological polar surface area (TPSA) is 40.5 Å². The highest BCUT2D eigenvalue weighted by molar-refractivity contribution is 6.30. The zero-order valence-electron chi connectivity index (χ0n) is 16.2. The van der Waals surface area contributed by atoms with Crippen molar-refractivity contribution in [3.63, 3.8) is 0 Å². The van der Waals surface area contributed by atoms with Gasteiger partial charge in [0.1, 0.15) is 5.75 Å². The van der Waals surface area contributed by atoms with Gasteiger partial charge in [0, 0.05) is 10.4 Å². The van der Waals surface area contributed by atoms with Gasteiger partial charge in [0.05, 0.1) is 6.10 Å². The molecule has 28 heavy (non-hydrogen) atoms. The Morgan fingerprint density at radius 3 is 2.68 bits per heavy atom. The van der Waals surface area contributed by atoms with Crippen LogP contribution in [0.1, 0.15) is 55.2 Å². The van der Waals surface area contributed by atoms with E-state index >= 15 is 0 Å². The molecule has 3 aliphatic rings. The van der Waals surface area contributed by atoms with E-state index < -0.39 is 0 Å². The number of phenols is 1. The van der Waals surface area contributed by atoms with E-state index in [0.717, 1.165) is 42.7 Å². The van der Waals surface area contributed by atoms with Gasteiger partial charge in [-0.2, -0.15) is 0 Å². The number of hydrogen-bond acceptors (Lipinski definition) is 2. The SMILES string of the molecule is C[C@]12CC[C@H]3c4ccc(O)cc4CC[C@@H]3[C@@H]1C/C(=C\c1ccc(Cl)cc1)[C@@H]2O. The van der Waals surface area contributed by atoms with E-state index in [4.69, 9.17) is 11.6 Å².